The lowest BCUT2D eigenvalue weighted by Gasteiger charge is -2.15. The minimum Gasteiger partial charge on any atom is -0.497 e. The predicted octanol–water partition coefficient (Wildman–Crippen LogP) is 3.74. The molecular formula is C18H22FNO2. The number of benzene rings is 2. The molecule has 2 rings (SSSR count). The van der Waals surface area contributed by atoms with Crippen molar-refractivity contribution in [2.75, 3.05) is 20.3 Å². The zero-order valence-corrected chi connectivity index (χ0v) is 12.8. The molecule has 1 unspecified atom stereocenters. The summed E-state index contributed by atoms with van der Waals surface area (Å²) in [5.41, 5.74) is 6.90. The monoisotopic (exact) mass is 303 g/mol. The standard InChI is InChI=1S/C18H22FNO2/c1-21-17-8-10-18(11-9-17)22-12-2-3-15(13-20)14-4-6-16(19)7-5-14/h4-11,15H,2-3,12-13,20H2,1H3. The Morgan fingerprint density at radius 1 is 1.00 bits per heavy atom. The van der Waals surface area contributed by atoms with Gasteiger partial charge < -0.3 is 15.2 Å². The Balaban J connectivity index is 1.77. The highest BCUT2D eigenvalue weighted by atomic mass is 19.1. The fourth-order valence-electron chi connectivity index (χ4n) is 2.35. The quantitative estimate of drug-likeness (QED) is 0.756. The van der Waals surface area contributed by atoms with Crippen molar-refractivity contribution < 1.29 is 13.9 Å². The van der Waals surface area contributed by atoms with Crippen molar-refractivity contribution in [3.8, 4) is 11.5 Å². The van der Waals surface area contributed by atoms with Gasteiger partial charge in [-0.25, -0.2) is 4.39 Å². The molecule has 2 aromatic rings. The first-order chi connectivity index (χ1) is 10.7. The fraction of sp³-hybridized carbons (Fsp3) is 0.333. The highest BCUT2D eigenvalue weighted by molar-refractivity contribution is 5.31. The topological polar surface area (TPSA) is 44.5 Å². The van der Waals surface area contributed by atoms with Crippen LogP contribution in [0.3, 0.4) is 0 Å². The molecule has 0 aromatic heterocycles. The van der Waals surface area contributed by atoms with Crippen LogP contribution in [0, 0.1) is 5.82 Å². The minimum absolute atomic E-state index is 0.220. The molecule has 0 aliphatic rings. The van der Waals surface area contributed by atoms with E-state index in [1.54, 1.807) is 19.2 Å². The van der Waals surface area contributed by atoms with E-state index in [9.17, 15) is 4.39 Å². The summed E-state index contributed by atoms with van der Waals surface area (Å²) < 4.78 is 23.7. The van der Waals surface area contributed by atoms with Gasteiger partial charge in [0.2, 0.25) is 0 Å². The van der Waals surface area contributed by atoms with Crippen molar-refractivity contribution in [3.63, 3.8) is 0 Å². The molecule has 0 heterocycles. The Labute approximate surface area is 130 Å². The predicted molar refractivity (Wildman–Crippen MR) is 85.9 cm³/mol. The van der Waals surface area contributed by atoms with E-state index in [4.69, 9.17) is 15.2 Å². The molecule has 0 fully saturated rings. The van der Waals surface area contributed by atoms with Gasteiger partial charge in [0.1, 0.15) is 17.3 Å². The number of halogens is 1. The molecule has 2 N–H and O–H groups in total. The molecule has 0 saturated heterocycles. The van der Waals surface area contributed by atoms with E-state index in [2.05, 4.69) is 0 Å². The van der Waals surface area contributed by atoms with Crippen LogP contribution < -0.4 is 15.2 Å². The smallest absolute Gasteiger partial charge is 0.123 e. The second-order valence-corrected chi connectivity index (χ2v) is 5.15. The van der Waals surface area contributed by atoms with Gasteiger partial charge >= 0.3 is 0 Å². The summed E-state index contributed by atoms with van der Waals surface area (Å²) in [6.07, 6.45) is 1.81. The summed E-state index contributed by atoms with van der Waals surface area (Å²) in [5, 5.41) is 0. The maximum absolute atomic E-state index is 12.9. The van der Waals surface area contributed by atoms with Crippen LogP contribution >= 0.6 is 0 Å². The van der Waals surface area contributed by atoms with Crippen LogP contribution in [0.15, 0.2) is 48.5 Å². The zero-order valence-electron chi connectivity index (χ0n) is 12.8. The summed E-state index contributed by atoms with van der Waals surface area (Å²) in [5.74, 6) is 1.65. The summed E-state index contributed by atoms with van der Waals surface area (Å²) in [4.78, 5) is 0. The molecule has 1 atom stereocenters. The molecule has 0 spiro atoms. The lowest BCUT2D eigenvalue weighted by molar-refractivity contribution is 0.301. The molecule has 4 heteroatoms. The third-order valence-corrected chi connectivity index (χ3v) is 3.65. The van der Waals surface area contributed by atoms with Crippen molar-refractivity contribution in [1.29, 1.82) is 0 Å². The number of rotatable bonds is 8. The van der Waals surface area contributed by atoms with E-state index in [1.165, 1.54) is 12.1 Å². The van der Waals surface area contributed by atoms with Crippen LogP contribution in [0.25, 0.3) is 0 Å². The summed E-state index contributed by atoms with van der Waals surface area (Å²) in [7, 11) is 1.64. The molecular weight excluding hydrogens is 281 g/mol. The Bertz CT molecular complexity index is 554. The largest absolute Gasteiger partial charge is 0.497 e. The maximum atomic E-state index is 12.9. The molecule has 118 valence electrons. The number of methoxy groups -OCH3 is 1. The number of ether oxygens (including phenoxy) is 2. The Morgan fingerprint density at radius 3 is 2.23 bits per heavy atom. The van der Waals surface area contributed by atoms with Crippen molar-refractivity contribution in [2.45, 2.75) is 18.8 Å². The number of hydrogen-bond acceptors (Lipinski definition) is 3. The average Bonchev–Trinajstić information content (AvgIpc) is 2.56. The first kappa shape index (κ1) is 16.3. The summed E-state index contributed by atoms with van der Waals surface area (Å²) >= 11 is 0. The molecule has 0 aliphatic heterocycles. The molecule has 0 radical (unpaired) electrons. The molecule has 0 bridgehead atoms. The van der Waals surface area contributed by atoms with Crippen LogP contribution in [0.4, 0.5) is 4.39 Å². The molecule has 0 saturated carbocycles. The minimum atomic E-state index is -0.220. The maximum Gasteiger partial charge on any atom is 0.123 e. The average molecular weight is 303 g/mol. The van der Waals surface area contributed by atoms with Crippen molar-refractivity contribution in [1.82, 2.24) is 0 Å². The third-order valence-electron chi connectivity index (χ3n) is 3.65. The normalized spacial score (nSPS) is 12.0. The zero-order chi connectivity index (χ0) is 15.8. The van der Waals surface area contributed by atoms with Gasteiger partial charge in [-0.3, -0.25) is 0 Å². The number of nitrogens with two attached hydrogens (primary N) is 1. The van der Waals surface area contributed by atoms with Crippen molar-refractivity contribution in [3.05, 3.63) is 59.9 Å². The van der Waals surface area contributed by atoms with Crippen LogP contribution in [-0.2, 0) is 0 Å². The highest BCUT2D eigenvalue weighted by Crippen LogP contribution is 2.21. The van der Waals surface area contributed by atoms with Gasteiger partial charge in [-0.2, -0.15) is 0 Å². The van der Waals surface area contributed by atoms with Crippen LogP contribution in [0.1, 0.15) is 24.3 Å². The second kappa shape index (κ2) is 8.39. The first-order valence-corrected chi connectivity index (χ1v) is 7.45. The van der Waals surface area contributed by atoms with Gasteiger partial charge in [0.15, 0.2) is 0 Å². The van der Waals surface area contributed by atoms with E-state index >= 15 is 0 Å². The van der Waals surface area contributed by atoms with Crippen molar-refractivity contribution in [2.24, 2.45) is 5.73 Å². The van der Waals surface area contributed by atoms with Gasteiger partial charge in [-0.05, 0) is 67.3 Å². The Kier molecular flexibility index (Phi) is 6.22. The van der Waals surface area contributed by atoms with E-state index < -0.39 is 0 Å². The van der Waals surface area contributed by atoms with E-state index in [0.29, 0.717) is 13.2 Å². The van der Waals surface area contributed by atoms with Gasteiger partial charge in [0, 0.05) is 0 Å². The summed E-state index contributed by atoms with van der Waals surface area (Å²) in [6, 6.07) is 14.1. The summed E-state index contributed by atoms with van der Waals surface area (Å²) in [6.45, 7) is 1.18. The second-order valence-electron chi connectivity index (χ2n) is 5.15. The molecule has 0 amide bonds. The lowest BCUT2D eigenvalue weighted by Crippen LogP contribution is -2.13. The van der Waals surface area contributed by atoms with Gasteiger partial charge in [-0.15, -0.1) is 0 Å². The SMILES string of the molecule is COc1ccc(OCCCC(CN)c2ccc(F)cc2)cc1. The van der Waals surface area contributed by atoms with E-state index in [-0.39, 0.29) is 11.7 Å². The van der Waals surface area contributed by atoms with Gasteiger partial charge in [0.05, 0.1) is 13.7 Å². The number of hydrogen-bond donors (Lipinski definition) is 1. The molecule has 22 heavy (non-hydrogen) atoms. The van der Waals surface area contributed by atoms with E-state index in [0.717, 1.165) is 29.9 Å². The first-order valence-electron chi connectivity index (χ1n) is 7.45. The van der Waals surface area contributed by atoms with Crippen LogP contribution in [0.2, 0.25) is 0 Å². The highest BCUT2D eigenvalue weighted by Gasteiger charge is 2.09. The van der Waals surface area contributed by atoms with Crippen LogP contribution in [0.5, 0.6) is 11.5 Å². The third kappa shape index (κ3) is 4.74. The fourth-order valence-corrected chi connectivity index (χ4v) is 2.35. The van der Waals surface area contributed by atoms with Gasteiger partial charge in [-0.1, -0.05) is 12.1 Å². The molecule has 0 aliphatic carbocycles. The Morgan fingerprint density at radius 2 is 1.64 bits per heavy atom. The lowest BCUT2D eigenvalue weighted by atomic mass is 9.94. The van der Waals surface area contributed by atoms with Crippen molar-refractivity contribution >= 4 is 0 Å². The molecule has 2 aromatic carbocycles. The Hall–Kier alpha value is -2.07. The van der Waals surface area contributed by atoms with E-state index in [1.807, 2.05) is 24.3 Å². The molecule has 3 nitrogen and oxygen atoms in total. The van der Waals surface area contributed by atoms with Gasteiger partial charge in [0.25, 0.3) is 0 Å². The van der Waals surface area contributed by atoms with Crippen LogP contribution in [-0.4, -0.2) is 20.3 Å².